The first-order valence-corrected chi connectivity index (χ1v) is 6.82. The third-order valence-corrected chi connectivity index (χ3v) is 2.99. The van der Waals surface area contributed by atoms with Crippen molar-refractivity contribution in [2.24, 2.45) is 0 Å². The summed E-state index contributed by atoms with van der Waals surface area (Å²) in [6.07, 6.45) is 0.239. The molecule has 21 heavy (non-hydrogen) atoms. The third kappa shape index (κ3) is 3.68. The van der Waals surface area contributed by atoms with Gasteiger partial charge >= 0.3 is 0 Å². The molecule has 0 saturated carbocycles. The number of nitrogen functional groups attached to an aromatic ring is 1. The molecule has 0 aliphatic heterocycles. The molecule has 1 aromatic carbocycles. The van der Waals surface area contributed by atoms with Gasteiger partial charge in [0.05, 0.1) is 5.52 Å². The molecular weight excluding hydrogens is 268 g/mol. The second kappa shape index (κ2) is 6.69. The summed E-state index contributed by atoms with van der Waals surface area (Å²) in [5.74, 6) is -0.430. The monoisotopic (exact) mass is 286 g/mol. The first kappa shape index (κ1) is 14.8. The molecule has 0 saturated heterocycles. The van der Waals surface area contributed by atoms with Crippen LogP contribution in [-0.2, 0) is 4.79 Å². The molecule has 2 amide bonds. The quantitative estimate of drug-likeness (QED) is 0.766. The number of aromatic nitrogens is 1. The van der Waals surface area contributed by atoms with Gasteiger partial charge in [0, 0.05) is 30.6 Å². The van der Waals surface area contributed by atoms with Gasteiger partial charge in [0.15, 0.2) is 0 Å². The average molecular weight is 286 g/mol. The van der Waals surface area contributed by atoms with Crippen LogP contribution in [0.4, 0.5) is 5.69 Å². The number of anilines is 1. The van der Waals surface area contributed by atoms with Crippen molar-refractivity contribution >= 4 is 28.4 Å². The molecule has 0 aliphatic carbocycles. The molecule has 1 aromatic heterocycles. The largest absolute Gasteiger partial charge is 0.398 e. The number of nitrogens with zero attached hydrogens (tertiary/aromatic N) is 1. The molecular formula is C15H18N4O2. The van der Waals surface area contributed by atoms with Gasteiger partial charge in [-0.05, 0) is 19.1 Å². The van der Waals surface area contributed by atoms with E-state index in [0.717, 1.165) is 5.39 Å². The zero-order valence-electron chi connectivity index (χ0n) is 11.8. The van der Waals surface area contributed by atoms with Crippen LogP contribution in [0.1, 0.15) is 23.8 Å². The number of rotatable bonds is 5. The maximum Gasteiger partial charge on any atom is 0.269 e. The number of carbonyl (C=O) groups excluding carboxylic acids is 2. The Bertz CT molecular complexity index is 670. The lowest BCUT2D eigenvalue weighted by Gasteiger charge is -2.07. The van der Waals surface area contributed by atoms with Crippen molar-refractivity contribution in [3.63, 3.8) is 0 Å². The Hall–Kier alpha value is -2.63. The van der Waals surface area contributed by atoms with Gasteiger partial charge in [-0.25, -0.2) is 4.98 Å². The van der Waals surface area contributed by atoms with Crippen LogP contribution in [0.25, 0.3) is 10.9 Å². The van der Waals surface area contributed by atoms with Crippen LogP contribution in [0, 0.1) is 0 Å². The fraction of sp³-hybridized carbons (Fsp3) is 0.267. The van der Waals surface area contributed by atoms with Crippen LogP contribution in [0.2, 0.25) is 0 Å². The van der Waals surface area contributed by atoms with Crippen LogP contribution in [-0.4, -0.2) is 29.9 Å². The number of pyridine rings is 1. The summed E-state index contributed by atoms with van der Waals surface area (Å²) in [5, 5.41) is 6.14. The van der Waals surface area contributed by atoms with Crippen LogP contribution in [0.5, 0.6) is 0 Å². The zero-order chi connectivity index (χ0) is 15.2. The van der Waals surface area contributed by atoms with E-state index in [4.69, 9.17) is 5.73 Å². The Morgan fingerprint density at radius 1 is 1.24 bits per heavy atom. The van der Waals surface area contributed by atoms with E-state index < -0.39 is 0 Å². The van der Waals surface area contributed by atoms with Gasteiger partial charge in [-0.3, -0.25) is 9.59 Å². The molecule has 0 radical (unpaired) electrons. The molecule has 0 spiro atoms. The van der Waals surface area contributed by atoms with Crippen LogP contribution in [0.15, 0.2) is 30.3 Å². The first-order valence-electron chi connectivity index (χ1n) is 6.82. The average Bonchev–Trinajstić information content (AvgIpc) is 2.47. The smallest absolute Gasteiger partial charge is 0.269 e. The summed E-state index contributed by atoms with van der Waals surface area (Å²) in [6.45, 7) is 2.69. The maximum absolute atomic E-state index is 12.0. The third-order valence-electron chi connectivity index (χ3n) is 2.99. The summed E-state index contributed by atoms with van der Waals surface area (Å²) in [4.78, 5) is 27.6. The number of nitrogens with two attached hydrogens (primary N) is 1. The molecule has 6 heteroatoms. The molecule has 6 nitrogen and oxygen atoms in total. The molecule has 0 aliphatic rings. The zero-order valence-corrected chi connectivity index (χ0v) is 11.8. The lowest BCUT2D eigenvalue weighted by molar-refractivity contribution is -0.120. The summed E-state index contributed by atoms with van der Waals surface area (Å²) in [5.41, 5.74) is 7.36. The number of nitrogens with one attached hydrogen (secondary N) is 2. The van der Waals surface area contributed by atoms with E-state index in [9.17, 15) is 9.59 Å². The summed E-state index contributed by atoms with van der Waals surface area (Å²) in [7, 11) is 0. The number of hydrogen-bond donors (Lipinski definition) is 3. The highest BCUT2D eigenvalue weighted by atomic mass is 16.2. The first-order chi connectivity index (χ1) is 10.1. The Labute approximate surface area is 122 Å². The lowest BCUT2D eigenvalue weighted by atomic mass is 10.1. The minimum Gasteiger partial charge on any atom is -0.398 e. The topological polar surface area (TPSA) is 97.1 Å². The molecule has 0 atom stereocenters. The van der Waals surface area contributed by atoms with Gasteiger partial charge in [-0.15, -0.1) is 0 Å². The highest BCUT2D eigenvalue weighted by molar-refractivity contribution is 5.99. The Morgan fingerprint density at radius 3 is 2.76 bits per heavy atom. The number of carbonyl (C=O) groups is 2. The van der Waals surface area contributed by atoms with E-state index in [-0.39, 0.29) is 30.5 Å². The highest BCUT2D eigenvalue weighted by Gasteiger charge is 2.10. The number of amides is 2. The van der Waals surface area contributed by atoms with Crippen LogP contribution < -0.4 is 16.4 Å². The van der Waals surface area contributed by atoms with Crippen molar-refractivity contribution in [3.05, 3.63) is 36.0 Å². The lowest BCUT2D eigenvalue weighted by Crippen LogP contribution is -2.31. The minimum atomic E-state index is -0.336. The van der Waals surface area contributed by atoms with Gasteiger partial charge in [-0.1, -0.05) is 18.2 Å². The molecule has 1 heterocycles. The second-order valence-corrected chi connectivity index (χ2v) is 4.57. The van der Waals surface area contributed by atoms with E-state index in [0.29, 0.717) is 17.7 Å². The fourth-order valence-electron chi connectivity index (χ4n) is 1.98. The van der Waals surface area contributed by atoms with Gasteiger partial charge in [0.1, 0.15) is 5.69 Å². The normalized spacial score (nSPS) is 10.3. The summed E-state index contributed by atoms with van der Waals surface area (Å²) >= 11 is 0. The standard InChI is InChI=1S/C15H18N4O2/c1-2-17-14(20)7-8-18-15(21)13-9-11(16)10-5-3-4-6-12(10)19-13/h3-6,9H,2,7-8H2,1H3,(H2,16,19)(H,17,20)(H,18,21). The number of benzene rings is 1. The molecule has 0 fully saturated rings. The minimum absolute atomic E-state index is 0.0937. The predicted molar refractivity (Wildman–Crippen MR) is 81.8 cm³/mol. The summed E-state index contributed by atoms with van der Waals surface area (Å²) in [6, 6.07) is 8.91. The maximum atomic E-state index is 12.0. The molecule has 2 rings (SSSR count). The van der Waals surface area contributed by atoms with Crippen LogP contribution >= 0.6 is 0 Å². The van der Waals surface area contributed by atoms with Crippen molar-refractivity contribution in [2.75, 3.05) is 18.8 Å². The van der Waals surface area contributed by atoms with E-state index in [1.165, 1.54) is 0 Å². The van der Waals surface area contributed by atoms with Gasteiger partial charge in [0.25, 0.3) is 5.91 Å². The Morgan fingerprint density at radius 2 is 2.00 bits per heavy atom. The van der Waals surface area contributed by atoms with Crippen LogP contribution in [0.3, 0.4) is 0 Å². The summed E-state index contributed by atoms with van der Waals surface area (Å²) < 4.78 is 0. The van der Waals surface area contributed by atoms with Crippen molar-refractivity contribution in [1.82, 2.24) is 15.6 Å². The van der Waals surface area contributed by atoms with Crippen molar-refractivity contribution in [3.8, 4) is 0 Å². The Kier molecular flexibility index (Phi) is 4.71. The van der Waals surface area contributed by atoms with E-state index in [2.05, 4.69) is 15.6 Å². The number of para-hydroxylation sites is 1. The predicted octanol–water partition coefficient (Wildman–Crippen LogP) is 1.07. The SMILES string of the molecule is CCNC(=O)CCNC(=O)c1cc(N)c2ccccc2n1. The fourth-order valence-corrected chi connectivity index (χ4v) is 1.98. The van der Waals surface area contributed by atoms with Gasteiger partial charge in [-0.2, -0.15) is 0 Å². The molecule has 2 aromatic rings. The molecule has 0 bridgehead atoms. The second-order valence-electron chi connectivity index (χ2n) is 4.57. The number of fused-ring (bicyclic) bond motifs is 1. The van der Waals surface area contributed by atoms with Crippen molar-refractivity contribution < 1.29 is 9.59 Å². The Balaban J connectivity index is 2.04. The van der Waals surface area contributed by atoms with Crippen molar-refractivity contribution in [1.29, 1.82) is 0 Å². The van der Waals surface area contributed by atoms with E-state index in [1.807, 2.05) is 25.1 Å². The van der Waals surface area contributed by atoms with Gasteiger partial charge in [0.2, 0.25) is 5.91 Å². The van der Waals surface area contributed by atoms with E-state index >= 15 is 0 Å². The molecule has 0 unspecified atom stereocenters. The van der Waals surface area contributed by atoms with Gasteiger partial charge < -0.3 is 16.4 Å². The van der Waals surface area contributed by atoms with E-state index in [1.54, 1.807) is 12.1 Å². The highest BCUT2D eigenvalue weighted by Crippen LogP contribution is 2.19. The molecule has 4 N–H and O–H groups in total. The number of hydrogen-bond acceptors (Lipinski definition) is 4. The molecule has 110 valence electrons. The van der Waals surface area contributed by atoms with Crippen molar-refractivity contribution in [2.45, 2.75) is 13.3 Å².